The number of aliphatic hydroxyl groups excluding tert-OH is 1. The van der Waals surface area contributed by atoms with Crippen LogP contribution >= 0.6 is 0 Å². The van der Waals surface area contributed by atoms with E-state index in [9.17, 15) is 4.79 Å². The molecule has 56 valence electrons. The van der Waals surface area contributed by atoms with Gasteiger partial charge in [-0.15, -0.1) is 0 Å². The molecule has 2 heteroatoms. The number of unbranched alkanes of at least 4 members (excludes halogenated alkanes) is 1. The summed E-state index contributed by atoms with van der Waals surface area (Å²) in [5.74, 6) is 0.167. The Morgan fingerprint density at radius 2 is 1.78 bits per heavy atom. The number of hydrogen-bond acceptors (Lipinski definition) is 2. The highest BCUT2D eigenvalue weighted by Crippen LogP contribution is 1.78. The Kier molecular flexibility index (Phi) is 13.4. The summed E-state index contributed by atoms with van der Waals surface area (Å²) < 4.78 is 0. The van der Waals surface area contributed by atoms with Gasteiger partial charge in [0.2, 0.25) is 0 Å². The van der Waals surface area contributed by atoms with Crippen molar-refractivity contribution >= 4 is 5.78 Å². The SMILES string of the molecule is CC(C)=O.CCCCO. The Hall–Kier alpha value is -0.370. The van der Waals surface area contributed by atoms with Crippen molar-refractivity contribution in [1.82, 2.24) is 0 Å². The molecule has 0 aliphatic carbocycles. The zero-order valence-electron chi connectivity index (χ0n) is 6.48. The van der Waals surface area contributed by atoms with Gasteiger partial charge in [0.15, 0.2) is 0 Å². The molecule has 0 bridgehead atoms. The smallest absolute Gasteiger partial charge is 0.126 e. The molecule has 0 fully saturated rings. The maximum Gasteiger partial charge on any atom is 0.126 e. The molecule has 0 aromatic carbocycles. The summed E-state index contributed by atoms with van der Waals surface area (Å²) in [6.07, 6.45) is 2.04. The van der Waals surface area contributed by atoms with Gasteiger partial charge in [0, 0.05) is 6.61 Å². The molecule has 0 rings (SSSR count). The first-order valence-corrected chi connectivity index (χ1v) is 3.23. The van der Waals surface area contributed by atoms with Crippen molar-refractivity contribution in [3.63, 3.8) is 0 Å². The van der Waals surface area contributed by atoms with Crippen LogP contribution in [0.25, 0.3) is 0 Å². The van der Waals surface area contributed by atoms with Gasteiger partial charge >= 0.3 is 0 Å². The zero-order valence-corrected chi connectivity index (χ0v) is 6.48. The summed E-state index contributed by atoms with van der Waals surface area (Å²) in [6, 6.07) is 0. The lowest BCUT2D eigenvalue weighted by Crippen LogP contribution is -1.75. The van der Waals surface area contributed by atoms with Crippen LogP contribution in [0.15, 0.2) is 0 Å². The average molecular weight is 132 g/mol. The zero-order chi connectivity index (χ0) is 7.70. The molecule has 0 aliphatic rings. The molecule has 0 spiro atoms. The molecule has 0 saturated heterocycles. The Morgan fingerprint density at radius 1 is 1.44 bits per heavy atom. The van der Waals surface area contributed by atoms with E-state index in [1.54, 1.807) is 0 Å². The third kappa shape index (κ3) is 91.0. The molecule has 0 saturated carbocycles. The first-order valence-electron chi connectivity index (χ1n) is 3.23. The van der Waals surface area contributed by atoms with E-state index in [-0.39, 0.29) is 5.78 Å². The van der Waals surface area contributed by atoms with Crippen LogP contribution in [0, 0.1) is 0 Å². The minimum absolute atomic E-state index is 0.167. The van der Waals surface area contributed by atoms with Crippen LogP contribution in [0.4, 0.5) is 0 Å². The standard InChI is InChI=1S/C4H10O.C3H6O/c1-2-3-4-5;1-3(2)4/h5H,2-4H2,1H3;1-2H3. The summed E-state index contributed by atoms with van der Waals surface area (Å²) in [5.41, 5.74) is 0. The Bertz CT molecular complexity index is 53.9. The fourth-order valence-corrected chi connectivity index (χ4v) is 0.158. The Morgan fingerprint density at radius 3 is 1.78 bits per heavy atom. The van der Waals surface area contributed by atoms with Crippen LogP contribution in [0.3, 0.4) is 0 Å². The van der Waals surface area contributed by atoms with Gasteiger partial charge in [-0.1, -0.05) is 13.3 Å². The third-order valence-corrected chi connectivity index (χ3v) is 0.512. The predicted octanol–water partition coefficient (Wildman–Crippen LogP) is 1.37. The van der Waals surface area contributed by atoms with E-state index in [0.29, 0.717) is 6.61 Å². The van der Waals surface area contributed by atoms with E-state index in [4.69, 9.17) is 5.11 Å². The molecular weight excluding hydrogens is 116 g/mol. The van der Waals surface area contributed by atoms with Crippen LogP contribution in [0.5, 0.6) is 0 Å². The van der Waals surface area contributed by atoms with Crippen LogP contribution in [-0.2, 0) is 4.79 Å². The molecule has 0 unspecified atom stereocenters. The second-order valence-corrected chi connectivity index (χ2v) is 1.99. The van der Waals surface area contributed by atoms with Crippen LogP contribution in [0.1, 0.15) is 33.6 Å². The largest absolute Gasteiger partial charge is 0.396 e. The summed E-state index contributed by atoms with van der Waals surface area (Å²) >= 11 is 0. The van der Waals surface area contributed by atoms with Gasteiger partial charge in [-0.2, -0.15) is 0 Å². The highest BCUT2D eigenvalue weighted by atomic mass is 16.2. The first kappa shape index (κ1) is 11.4. The number of ketones is 1. The maximum absolute atomic E-state index is 9.44. The second kappa shape index (κ2) is 10.6. The lowest BCUT2D eigenvalue weighted by atomic mass is 10.4. The molecule has 0 amide bonds. The topological polar surface area (TPSA) is 37.3 Å². The van der Waals surface area contributed by atoms with Gasteiger partial charge in [0.1, 0.15) is 5.78 Å². The van der Waals surface area contributed by atoms with Crippen LogP contribution in [-0.4, -0.2) is 17.5 Å². The monoisotopic (exact) mass is 132 g/mol. The first-order chi connectivity index (χ1) is 4.15. The highest BCUT2D eigenvalue weighted by molar-refractivity contribution is 5.72. The lowest BCUT2D eigenvalue weighted by molar-refractivity contribution is -0.114. The van der Waals surface area contributed by atoms with Gasteiger partial charge in [0.25, 0.3) is 0 Å². The van der Waals surface area contributed by atoms with Gasteiger partial charge in [-0.25, -0.2) is 0 Å². The summed E-state index contributed by atoms with van der Waals surface area (Å²) in [4.78, 5) is 9.44. The van der Waals surface area contributed by atoms with Crippen LogP contribution in [0.2, 0.25) is 0 Å². The van der Waals surface area contributed by atoms with Crippen molar-refractivity contribution in [3.05, 3.63) is 0 Å². The van der Waals surface area contributed by atoms with Crippen molar-refractivity contribution in [2.75, 3.05) is 6.61 Å². The third-order valence-electron chi connectivity index (χ3n) is 0.512. The van der Waals surface area contributed by atoms with Gasteiger partial charge in [-0.3, -0.25) is 0 Å². The fourth-order valence-electron chi connectivity index (χ4n) is 0.158. The number of rotatable bonds is 2. The number of Topliss-reactive ketones (excluding diaryl/α,β-unsaturated/α-hetero) is 1. The molecule has 9 heavy (non-hydrogen) atoms. The van der Waals surface area contributed by atoms with Crippen molar-refractivity contribution in [1.29, 1.82) is 0 Å². The van der Waals surface area contributed by atoms with E-state index in [2.05, 4.69) is 6.92 Å². The molecule has 0 aliphatic heterocycles. The Balaban J connectivity index is 0. The molecular formula is C7H16O2. The van der Waals surface area contributed by atoms with Crippen molar-refractivity contribution in [2.24, 2.45) is 0 Å². The van der Waals surface area contributed by atoms with E-state index >= 15 is 0 Å². The minimum atomic E-state index is 0.167. The average Bonchev–Trinajstić information content (AvgIpc) is 1.66. The number of aliphatic hydroxyl groups is 1. The molecule has 0 aromatic rings. The lowest BCUT2D eigenvalue weighted by Gasteiger charge is -1.79. The quantitative estimate of drug-likeness (QED) is 0.616. The van der Waals surface area contributed by atoms with Crippen molar-refractivity contribution in [3.8, 4) is 0 Å². The van der Waals surface area contributed by atoms with Gasteiger partial charge < -0.3 is 9.90 Å². The van der Waals surface area contributed by atoms with Gasteiger partial charge in [0.05, 0.1) is 0 Å². The van der Waals surface area contributed by atoms with E-state index in [0.717, 1.165) is 12.8 Å². The van der Waals surface area contributed by atoms with Crippen molar-refractivity contribution in [2.45, 2.75) is 33.6 Å². The number of carbonyl (C=O) groups excluding carboxylic acids is 1. The van der Waals surface area contributed by atoms with Crippen molar-refractivity contribution < 1.29 is 9.90 Å². The maximum atomic E-state index is 9.44. The van der Waals surface area contributed by atoms with Gasteiger partial charge in [-0.05, 0) is 20.3 Å². The number of hydrogen-bond donors (Lipinski definition) is 1. The number of carbonyl (C=O) groups is 1. The van der Waals surface area contributed by atoms with E-state index in [1.165, 1.54) is 13.8 Å². The molecule has 2 nitrogen and oxygen atoms in total. The summed E-state index contributed by atoms with van der Waals surface area (Å²) in [5, 5.41) is 8.07. The molecule has 0 atom stereocenters. The fraction of sp³-hybridized carbons (Fsp3) is 0.857. The summed E-state index contributed by atoms with van der Waals surface area (Å²) in [7, 11) is 0. The Labute approximate surface area is 56.9 Å². The predicted molar refractivity (Wildman–Crippen MR) is 38.3 cm³/mol. The normalized spacial score (nSPS) is 7.56. The molecule has 0 aromatic heterocycles. The second-order valence-electron chi connectivity index (χ2n) is 1.99. The molecule has 0 radical (unpaired) electrons. The summed E-state index contributed by atoms with van der Waals surface area (Å²) in [6.45, 7) is 5.45. The molecule has 1 N–H and O–H groups in total. The minimum Gasteiger partial charge on any atom is -0.396 e. The molecule has 0 heterocycles. The van der Waals surface area contributed by atoms with E-state index in [1.807, 2.05) is 0 Å². The van der Waals surface area contributed by atoms with Crippen LogP contribution < -0.4 is 0 Å². The highest BCUT2D eigenvalue weighted by Gasteiger charge is 1.69. The van der Waals surface area contributed by atoms with E-state index < -0.39 is 0 Å².